The molecule has 0 aliphatic rings. The van der Waals surface area contributed by atoms with E-state index in [0.29, 0.717) is 11.3 Å². The number of anilines is 1. The molecule has 0 aliphatic heterocycles. The van der Waals surface area contributed by atoms with Crippen LogP contribution in [0.1, 0.15) is 16.1 Å². The number of nitrogens with zero attached hydrogens (tertiary/aromatic N) is 3. The lowest BCUT2D eigenvalue weighted by atomic mass is 10.2. The fourth-order valence-corrected chi connectivity index (χ4v) is 1.63. The lowest BCUT2D eigenvalue weighted by molar-refractivity contribution is -0.384. The lowest BCUT2D eigenvalue weighted by Crippen LogP contribution is -2.05. The fraction of sp³-hybridized carbons (Fsp3) is 0.0909. The van der Waals surface area contributed by atoms with Crippen LogP contribution in [0.2, 0.25) is 0 Å². The molecule has 0 fully saturated rings. The largest absolute Gasteiger partial charge is 0.476 e. The van der Waals surface area contributed by atoms with Crippen LogP contribution in [0.3, 0.4) is 0 Å². The standard InChI is InChI=1S/C11H10N4O4/c1-6-2-3-7(15(18)19)4-9(6)14-10(12)5-8(13-14)11(16)17/h2-5H,12H2,1H3,(H,16,17). The maximum absolute atomic E-state index is 10.8. The Morgan fingerprint density at radius 2 is 2.16 bits per heavy atom. The van der Waals surface area contributed by atoms with Crippen molar-refractivity contribution in [1.29, 1.82) is 0 Å². The summed E-state index contributed by atoms with van der Waals surface area (Å²) in [6, 6.07) is 5.40. The van der Waals surface area contributed by atoms with Gasteiger partial charge < -0.3 is 10.8 Å². The van der Waals surface area contributed by atoms with Gasteiger partial charge in [0.15, 0.2) is 5.69 Å². The number of carboxylic acid groups (broad SMARTS) is 1. The average molecular weight is 262 g/mol. The molecule has 2 aromatic rings. The van der Waals surface area contributed by atoms with Gasteiger partial charge in [-0.3, -0.25) is 10.1 Å². The Morgan fingerprint density at radius 1 is 1.47 bits per heavy atom. The minimum absolute atomic E-state index is 0.0981. The molecular formula is C11H10N4O4. The van der Waals surface area contributed by atoms with Crippen LogP contribution in [-0.2, 0) is 0 Å². The Kier molecular flexibility index (Phi) is 2.91. The van der Waals surface area contributed by atoms with Crippen LogP contribution in [0.5, 0.6) is 0 Å². The molecule has 0 radical (unpaired) electrons. The molecule has 1 aromatic carbocycles. The highest BCUT2D eigenvalue weighted by Gasteiger charge is 2.16. The van der Waals surface area contributed by atoms with Crippen molar-refractivity contribution in [2.75, 3.05) is 5.73 Å². The van der Waals surface area contributed by atoms with Crippen LogP contribution < -0.4 is 5.73 Å². The van der Waals surface area contributed by atoms with Gasteiger partial charge in [-0.25, -0.2) is 9.48 Å². The number of rotatable bonds is 3. The van der Waals surface area contributed by atoms with E-state index >= 15 is 0 Å². The monoisotopic (exact) mass is 262 g/mol. The number of aromatic nitrogens is 2. The van der Waals surface area contributed by atoms with E-state index in [1.807, 2.05) is 0 Å². The summed E-state index contributed by atoms with van der Waals surface area (Å²) in [7, 11) is 0. The van der Waals surface area contributed by atoms with Crippen LogP contribution in [0.15, 0.2) is 24.3 Å². The molecule has 0 amide bonds. The molecule has 1 aromatic heterocycles. The maximum Gasteiger partial charge on any atom is 0.356 e. The number of aromatic carboxylic acids is 1. The van der Waals surface area contributed by atoms with Gasteiger partial charge in [0.25, 0.3) is 5.69 Å². The van der Waals surface area contributed by atoms with Crippen LogP contribution in [-0.4, -0.2) is 25.8 Å². The third kappa shape index (κ3) is 2.23. The molecule has 0 bridgehead atoms. The normalized spacial score (nSPS) is 10.4. The minimum Gasteiger partial charge on any atom is -0.476 e. The van der Waals surface area contributed by atoms with E-state index < -0.39 is 10.9 Å². The molecule has 0 saturated heterocycles. The van der Waals surface area contributed by atoms with E-state index in [9.17, 15) is 14.9 Å². The van der Waals surface area contributed by atoms with Crippen molar-refractivity contribution in [3.63, 3.8) is 0 Å². The van der Waals surface area contributed by atoms with E-state index in [2.05, 4.69) is 5.10 Å². The molecule has 0 saturated carbocycles. The third-order valence-electron chi connectivity index (χ3n) is 2.59. The summed E-state index contributed by atoms with van der Waals surface area (Å²) < 4.78 is 1.17. The molecule has 8 heteroatoms. The summed E-state index contributed by atoms with van der Waals surface area (Å²) in [5.74, 6) is -1.12. The number of nitro benzene ring substituents is 1. The number of carbonyl (C=O) groups is 1. The number of hydrogen-bond donors (Lipinski definition) is 2. The van der Waals surface area contributed by atoms with Crippen molar-refractivity contribution >= 4 is 17.5 Å². The fourth-order valence-electron chi connectivity index (χ4n) is 1.63. The van der Waals surface area contributed by atoms with E-state index in [-0.39, 0.29) is 17.2 Å². The van der Waals surface area contributed by atoms with Crippen LogP contribution in [0.25, 0.3) is 5.69 Å². The Balaban J connectivity index is 2.61. The van der Waals surface area contributed by atoms with Crippen molar-refractivity contribution in [3.8, 4) is 5.69 Å². The number of hydrogen-bond acceptors (Lipinski definition) is 5. The van der Waals surface area contributed by atoms with Crippen molar-refractivity contribution in [2.45, 2.75) is 6.92 Å². The summed E-state index contributed by atoms with van der Waals surface area (Å²) in [5, 5.41) is 23.4. The number of carboxylic acids is 1. The van der Waals surface area contributed by atoms with Crippen molar-refractivity contribution in [1.82, 2.24) is 9.78 Å². The van der Waals surface area contributed by atoms with E-state index in [4.69, 9.17) is 10.8 Å². The molecule has 0 spiro atoms. The molecule has 3 N–H and O–H groups in total. The summed E-state index contributed by atoms with van der Waals surface area (Å²) >= 11 is 0. The number of nitrogen functional groups attached to an aromatic ring is 1. The smallest absolute Gasteiger partial charge is 0.356 e. The molecule has 0 unspecified atom stereocenters. The van der Waals surface area contributed by atoms with E-state index in [1.165, 1.54) is 22.9 Å². The zero-order chi connectivity index (χ0) is 14.2. The Bertz CT molecular complexity index is 677. The summed E-state index contributed by atoms with van der Waals surface area (Å²) in [5.41, 5.74) is 6.40. The van der Waals surface area contributed by atoms with Crippen molar-refractivity contribution in [2.24, 2.45) is 0 Å². The second-order valence-electron chi connectivity index (χ2n) is 3.90. The van der Waals surface area contributed by atoms with Crippen LogP contribution in [0, 0.1) is 17.0 Å². The molecule has 0 atom stereocenters. The molecule has 98 valence electrons. The Labute approximate surface area is 107 Å². The first-order chi connectivity index (χ1) is 8.90. The van der Waals surface area contributed by atoms with E-state index in [0.717, 1.165) is 0 Å². The van der Waals surface area contributed by atoms with Crippen molar-refractivity contribution < 1.29 is 14.8 Å². The predicted molar refractivity (Wildman–Crippen MR) is 66.3 cm³/mol. The highest BCUT2D eigenvalue weighted by atomic mass is 16.6. The van der Waals surface area contributed by atoms with Gasteiger partial charge in [-0.05, 0) is 12.5 Å². The first-order valence-corrected chi connectivity index (χ1v) is 5.24. The average Bonchev–Trinajstić information content (AvgIpc) is 2.72. The Morgan fingerprint density at radius 3 is 2.68 bits per heavy atom. The van der Waals surface area contributed by atoms with Gasteiger partial charge in [0.1, 0.15) is 5.82 Å². The molecule has 19 heavy (non-hydrogen) atoms. The number of aryl methyl sites for hydroxylation is 1. The quantitative estimate of drug-likeness (QED) is 0.635. The maximum atomic E-state index is 10.8. The second-order valence-corrected chi connectivity index (χ2v) is 3.90. The first-order valence-electron chi connectivity index (χ1n) is 5.24. The summed E-state index contributed by atoms with van der Waals surface area (Å²) in [6.45, 7) is 1.72. The van der Waals surface area contributed by atoms with Gasteiger partial charge >= 0.3 is 5.97 Å². The topological polar surface area (TPSA) is 124 Å². The molecule has 2 rings (SSSR count). The van der Waals surface area contributed by atoms with Gasteiger partial charge in [0, 0.05) is 18.2 Å². The summed E-state index contributed by atoms with van der Waals surface area (Å²) in [4.78, 5) is 21.0. The second kappa shape index (κ2) is 4.41. The molecular weight excluding hydrogens is 252 g/mol. The number of non-ortho nitro benzene ring substituents is 1. The SMILES string of the molecule is Cc1ccc([N+](=O)[O-])cc1-n1nc(C(=O)O)cc1N. The molecule has 1 heterocycles. The highest BCUT2D eigenvalue weighted by molar-refractivity contribution is 5.86. The zero-order valence-electron chi connectivity index (χ0n) is 9.90. The van der Waals surface area contributed by atoms with Crippen molar-refractivity contribution in [3.05, 3.63) is 45.6 Å². The van der Waals surface area contributed by atoms with Gasteiger partial charge in [-0.2, -0.15) is 5.10 Å². The van der Waals surface area contributed by atoms with Gasteiger partial charge in [-0.1, -0.05) is 6.07 Å². The molecule has 0 aliphatic carbocycles. The first kappa shape index (κ1) is 12.6. The van der Waals surface area contributed by atoms with E-state index in [1.54, 1.807) is 13.0 Å². The van der Waals surface area contributed by atoms with Crippen LogP contribution in [0.4, 0.5) is 11.5 Å². The predicted octanol–water partition coefficient (Wildman–Crippen LogP) is 1.37. The van der Waals surface area contributed by atoms with Crippen LogP contribution >= 0.6 is 0 Å². The summed E-state index contributed by atoms with van der Waals surface area (Å²) in [6.07, 6.45) is 0. The number of nitro groups is 1. The number of nitrogens with two attached hydrogens (primary N) is 1. The Hall–Kier alpha value is -2.90. The van der Waals surface area contributed by atoms with Gasteiger partial charge in [0.2, 0.25) is 0 Å². The highest BCUT2D eigenvalue weighted by Crippen LogP contribution is 2.23. The zero-order valence-corrected chi connectivity index (χ0v) is 9.90. The van der Waals surface area contributed by atoms with Gasteiger partial charge in [0.05, 0.1) is 10.6 Å². The van der Waals surface area contributed by atoms with Gasteiger partial charge in [-0.15, -0.1) is 0 Å². The number of benzene rings is 1. The lowest BCUT2D eigenvalue weighted by Gasteiger charge is -2.07. The molecule has 8 nitrogen and oxygen atoms in total. The third-order valence-corrected chi connectivity index (χ3v) is 2.59. The minimum atomic E-state index is -1.21.